The van der Waals surface area contributed by atoms with Crippen LogP contribution in [-0.4, -0.2) is 64.4 Å². The fraction of sp³-hybridized carbons (Fsp3) is 0.739. The number of nitrogens with zero attached hydrogens (tertiary/aromatic N) is 3. The summed E-state index contributed by atoms with van der Waals surface area (Å²) in [6, 6.07) is 3.52. The van der Waals surface area contributed by atoms with Crippen LogP contribution in [0, 0.1) is 0 Å². The van der Waals surface area contributed by atoms with Crippen LogP contribution in [0.2, 0.25) is 0 Å². The third kappa shape index (κ3) is 5.40. The van der Waals surface area contributed by atoms with Gasteiger partial charge in [0.05, 0.1) is 6.61 Å². The highest BCUT2D eigenvalue weighted by Crippen LogP contribution is 2.42. The molecule has 4 atom stereocenters. The van der Waals surface area contributed by atoms with Gasteiger partial charge in [-0.25, -0.2) is 9.50 Å². The van der Waals surface area contributed by atoms with Crippen LogP contribution in [0.1, 0.15) is 65.0 Å². The molecule has 9 heteroatoms. The van der Waals surface area contributed by atoms with Crippen molar-refractivity contribution in [2.45, 2.75) is 83.4 Å². The Kier molecular flexibility index (Phi) is 9.24. The smallest absolute Gasteiger partial charge is 0.240 e. The van der Waals surface area contributed by atoms with Gasteiger partial charge in [0.2, 0.25) is 5.79 Å². The molecule has 0 amide bonds. The summed E-state index contributed by atoms with van der Waals surface area (Å²) in [5.74, 6) is -1.44. The lowest BCUT2D eigenvalue weighted by atomic mass is 10.0. The first-order chi connectivity index (χ1) is 15.6. The summed E-state index contributed by atoms with van der Waals surface area (Å²) in [6.45, 7) is 8.33. The van der Waals surface area contributed by atoms with E-state index in [1.807, 2.05) is 0 Å². The highest BCUT2D eigenvalue weighted by molar-refractivity contribution is 5.65. The standard InChI is InChI=1S/C23H38N4O5/c1-4-7-12-29-15-18-20(30-13-8-5-2)21(31-14-9-6-3)23(28,32-18)19-11-10-17-22(24)25-16-26-27(17)19/h10-11,16,18,20-21,28H,4-9,12-15H2,1-3H3,(H2,24,25,26)/t18-,20-,21-,23+/m1/s1. The average molecular weight is 451 g/mol. The number of hydrogen-bond acceptors (Lipinski definition) is 8. The second kappa shape index (κ2) is 11.9. The quantitative estimate of drug-likeness (QED) is 0.422. The van der Waals surface area contributed by atoms with Crippen LogP contribution in [0.25, 0.3) is 5.52 Å². The van der Waals surface area contributed by atoms with E-state index in [1.54, 1.807) is 16.6 Å². The van der Waals surface area contributed by atoms with Crippen molar-refractivity contribution >= 4 is 11.3 Å². The van der Waals surface area contributed by atoms with Gasteiger partial charge in [-0.1, -0.05) is 40.0 Å². The van der Waals surface area contributed by atoms with Crippen molar-refractivity contribution in [3.05, 3.63) is 24.2 Å². The number of nitrogens with two attached hydrogens (primary N) is 1. The van der Waals surface area contributed by atoms with Crippen molar-refractivity contribution in [1.29, 1.82) is 0 Å². The minimum atomic E-state index is -1.77. The zero-order valence-electron chi connectivity index (χ0n) is 19.5. The van der Waals surface area contributed by atoms with E-state index in [0.717, 1.165) is 38.5 Å². The predicted molar refractivity (Wildman–Crippen MR) is 121 cm³/mol. The molecule has 1 fully saturated rings. The minimum absolute atomic E-state index is 0.313. The molecule has 3 rings (SSSR count). The van der Waals surface area contributed by atoms with Crippen LogP contribution in [-0.2, 0) is 24.7 Å². The van der Waals surface area contributed by atoms with Crippen LogP contribution in [0.3, 0.4) is 0 Å². The molecule has 0 spiro atoms. The molecule has 0 bridgehead atoms. The molecular weight excluding hydrogens is 412 g/mol. The zero-order chi connectivity index (χ0) is 23.0. The first-order valence-corrected chi connectivity index (χ1v) is 11.9. The summed E-state index contributed by atoms with van der Waals surface area (Å²) in [6.07, 6.45) is 5.46. The lowest BCUT2D eigenvalue weighted by Crippen LogP contribution is -2.45. The molecule has 180 valence electrons. The Balaban J connectivity index is 1.93. The van der Waals surface area contributed by atoms with Crippen molar-refractivity contribution in [1.82, 2.24) is 14.6 Å². The van der Waals surface area contributed by atoms with Crippen molar-refractivity contribution in [2.24, 2.45) is 0 Å². The highest BCUT2D eigenvalue weighted by Gasteiger charge is 2.58. The van der Waals surface area contributed by atoms with Gasteiger partial charge in [-0.3, -0.25) is 0 Å². The Labute approximate surface area is 190 Å². The second-order valence-electron chi connectivity index (χ2n) is 8.28. The van der Waals surface area contributed by atoms with Crippen molar-refractivity contribution in [3.63, 3.8) is 0 Å². The number of nitrogen functional groups attached to an aromatic ring is 1. The molecule has 1 saturated heterocycles. The zero-order valence-corrected chi connectivity index (χ0v) is 19.5. The Bertz CT molecular complexity index is 832. The van der Waals surface area contributed by atoms with Gasteiger partial charge in [0.15, 0.2) is 5.82 Å². The maximum atomic E-state index is 11.9. The van der Waals surface area contributed by atoms with E-state index >= 15 is 0 Å². The lowest BCUT2D eigenvalue weighted by molar-refractivity contribution is -0.253. The predicted octanol–water partition coefficient (Wildman–Crippen LogP) is 3.04. The Morgan fingerprint density at radius 1 is 1.06 bits per heavy atom. The van der Waals surface area contributed by atoms with Gasteiger partial charge in [-0.05, 0) is 31.4 Å². The number of anilines is 1. The number of aromatic nitrogens is 3. The lowest BCUT2D eigenvalue weighted by Gasteiger charge is -2.30. The van der Waals surface area contributed by atoms with E-state index in [1.165, 1.54) is 6.33 Å². The number of rotatable bonds is 14. The molecule has 9 nitrogen and oxygen atoms in total. The second-order valence-corrected chi connectivity index (χ2v) is 8.28. The summed E-state index contributed by atoms with van der Waals surface area (Å²) in [5.41, 5.74) is 7.03. The minimum Gasteiger partial charge on any atom is -0.382 e. The third-order valence-electron chi connectivity index (χ3n) is 5.76. The largest absolute Gasteiger partial charge is 0.382 e. The van der Waals surface area contributed by atoms with E-state index in [2.05, 4.69) is 30.9 Å². The summed E-state index contributed by atoms with van der Waals surface area (Å²) in [4.78, 5) is 4.03. The van der Waals surface area contributed by atoms with Gasteiger partial charge in [-0.15, -0.1) is 0 Å². The van der Waals surface area contributed by atoms with Crippen LogP contribution >= 0.6 is 0 Å². The molecule has 0 saturated carbocycles. The van der Waals surface area contributed by atoms with Crippen molar-refractivity contribution in [2.75, 3.05) is 32.2 Å². The molecule has 0 aliphatic carbocycles. The summed E-state index contributed by atoms with van der Waals surface area (Å²) in [5, 5.41) is 16.2. The van der Waals surface area contributed by atoms with Gasteiger partial charge in [0.1, 0.15) is 35.8 Å². The molecule has 2 aromatic heterocycles. The van der Waals surface area contributed by atoms with Gasteiger partial charge < -0.3 is 29.8 Å². The van der Waals surface area contributed by atoms with Gasteiger partial charge >= 0.3 is 0 Å². The van der Waals surface area contributed by atoms with Crippen LogP contribution < -0.4 is 5.73 Å². The molecule has 3 heterocycles. The molecule has 0 radical (unpaired) electrons. The number of ether oxygens (including phenoxy) is 4. The van der Waals surface area contributed by atoms with Gasteiger partial charge in [0.25, 0.3) is 0 Å². The van der Waals surface area contributed by atoms with E-state index in [4.69, 9.17) is 24.7 Å². The fourth-order valence-corrected chi connectivity index (χ4v) is 3.91. The number of aliphatic hydroxyl groups is 1. The molecule has 2 aromatic rings. The highest BCUT2D eigenvalue weighted by atomic mass is 16.7. The Hall–Kier alpha value is -1.78. The first-order valence-electron chi connectivity index (χ1n) is 11.9. The molecule has 1 aliphatic heterocycles. The number of hydrogen-bond donors (Lipinski definition) is 2. The molecular formula is C23H38N4O5. The summed E-state index contributed by atoms with van der Waals surface area (Å²) < 4.78 is 26.1. The third-order valence-corrected chi connectivity index (χ3v) is 5.76. The Morgan fingerprint density at radius 3 is 2.47 bits per heavy atom. The van der Waals surface area contributed by atoms with E-state index < -0.39 is 24.1 Å². The monoisotopic (exact) mass is 450 g/mol. The molecule has 32 heavy (non-hydrogen) atoms. The molecule has 0 unspecified atom stereocenters. The summed E-state index contributed by atoms with van der Waals surface area (Å²) >= 11 is 0. The topological polar surface area (TPSA) is 113 Å². The van der Waals surface area contributed by atoms with Gasteiger partial charge in [0, 0.05) is 19.8 Å². The summed E-state index contributed by atoms with van der Waals surface area (Å²) in [7, 11) is 0. The molecule has 3 N–H and O–H groups in total. The van der Waals surface area contributed by atoms with E-state index in [-0.39, 0.29) is 0 Å². The van der Waals surface area contributed by atoms with Crippen molar-refractivity contribution in [3.8, 4) is 0 Å². The molecule has 1 aliphatic rings. The normalized spacial score (nSPS) is 25.7. The van der Waals surface area contributed by atoms with Crippen LogP contribution in [0.15, 0.2) is 18.5 Å². The van der Waals surface area contributed by atoms with Crippen molar-refractivity contribution < 1.29 is 24.1 Å². The maximum Gasteiger partial charge on any atom is 0.240 e. The fourth-order valence-electron chi connectivity index (χ4n) is 3.91. The Morgan fingerprint density at radius 2 is 1.75 bits per heavy atom. The SMILES string of the molecule is CCCCOC[C@H]1O[C@@](O)(c2ccc3c(N)ncnn23)[C@H](OCCCC)[C@@H]1OCCCC. The van der Waals surface area contributed by atoms with Crippen LogP contribution in [0.4, 0.5) is 5.82 Å². The maximum absolute atomic E-state index is 11.9. The number of unbranched alkanes of at least 4 members (excludes halogenated alkanes) is 3. The molecule has 0 aromatic carbocycles. The van der Waals surface area contributed by atoms with E-state index in [9.17, 15) is 5.11 Å². The van der Waals surface area contributed by atoms with E-state index in [0.29, 0.717) is 43.5 Å². The van der Waals surface area contributed by atoms with Gasteiger partial charge in [-0.2, -0.15) is 5.10 Å². The van der Waals surface area contributed by atoms with Crippen LogP contribution in [0.5, 0.6) is 0 Å². The first kappa shape index (κ1) is 24.9. The number of fused-ring (bicyclic) bond motifs is 1. The average Bonchev–Trinajstić information content (AvgIpc) is 3.33.